The number of furan rings is 1. The Balaban J connectivity index is 1.77. The largest absolute Gasteiger partial charge is 0.467 e. The number of benzene rings is 1. The molecule has 0 aliphatic carbocycles. The Bertz CT molecular complexity index is 776. The molecular weight excluding hydrogens is 326 g/mol. The normalized spacial score (nSPS) is 9.72. The van der Waals surface area contributed by atoms with Gasteiger partial charge in [-0.1, -0.05) is 0 Å². The molecule has 25 heavy (non-hydrogen) atoms. The highest BCUT2D eigenvalue weighted by atomic mass is 16.5. The van der Waals surface area contributed by atoms with Crippen LogP contribution >= 0.6 is 0 Å². The molecule has 0 aliphatic heterocycles. The van der Waals surface area contributed by atoms with Crippen LogP contribution in [0.1, 0.15) is 22.5 Å². The summed E-state index contributed by atoms with van der Waals surface area (Å²) in [6.45, 7) is -0.208. The topological polar surface area (TPSA) is 121 Å². The SMILES string of the molecule is N#CCC(=O)Nc1ccc(C(=O)OCC(=O)NCc2ccco2)cc1. The van der Waals surface area contributed by atoms with Gasteiger partial charge in [0.15, 0.2) is 6.61 Å². The van der Waals surface area contributed by atoms with Gasteiger partial charge >= 0.3 is 5.97 Å². The zero-order chi connectivity index (χ0) is 18.1. The summed E-state index contributed by atoms with van der Waals surface area (Å²) in [6.07, 6.45) is 1.24. The lowest BCUT2D eigenvalue weighted by molar-refractivity contribution is -0.124. The first-order chi connectivity index (χ1) is 12.1. The number of esters is 1. The fourth-order valence-corrected chi connectivity index (χ4v) is 1.83. The maximum atomic E-state index is 11.9. The van der Waals surface area contributed by atoms with E-state index in [-0.39, 0.29) is 18.5 Å². The molecule has 0 unspecified atom stereocenters. The summed E-state index contributed by atoms with van der Waals surface area (Å²) in [5, 5.41) is 13.5. The lowest BCUT2D eigenvalue weighted by Gasteiger charge is -2.07. The first-order valence-electron chi connectivity index (χ1n) is 7.31. The predicted octanol–water partition coefficient (Wildman–Crippen LogP) is 1.60. The number of carbonyl (C=O) groups is 3. The van der Waals surface area contributed by atoms with Crippen molar-refractivity contribution < 1.29 is 23.5 Å². The van der Waals surface area contributed by atoms with E-state index in [1.165, 1.54) is 30.5 Å². The first-order valence-corrected chi connectivity index (χ1v) is 7.31. The summed E-state index contributed by atoms with van der Waals surface area (Å²) < 4.78 is 9.97. The van der Waals surface area contributed by atoms with Crippen molar-refractivity contribution in [2.75, 3.05) is 11.9 Å². The molecule has 1 heterocycles. The Kier molecular flexibility index (Phi) is 6.31. The Morgan fingerprint density at radius 2 is 1.88 bits per heavy atom. The Morgan fingerprint density at radius 3 is 2.52 bits per heavy atom. The van der Waals surface area contributed by atoms with Crippen LogP contribution < -0.4 is 10.6 Å². The van der Waals surface area contributed by atoms with Crippen molar-refractivity contribution in [1.82, 2.24) is 5.32 Å². The van der Waals surface area contributed by atoms with Crippen molar-refractivity contribution in [1.29, 1.82) is 5.26 Å². The van der Waals surface area contributed by atoms with Crippen molar-refractivity contribution >= 4 is 23.5 Å². The van der Waals surface area contributed by atoms with Crippen molar-refractivity contribution in [3.63, 3.8) is 0 Å². The van der Waals surface area contributed by atoms with Crippen LogP contribution in [-0.4, -0.2) is 24.4 Å². The Hall–Kier alpha value is -3.60. The van der Waals surface area contributed by atoms with Crippen LogP contribution in [0.25, 0.3) is 0 Å². The number of ether oxygens (including phenoxy) is 1. The minimum absolute atomic E-state index is 0.209. The maximum Gasteiger partial charge on any atom is 0.338 e. The molecule has 1 aromatic heterocycles. The summed E-state index contributed by atoms with van der Waals surface area (Å²) in [7, 11) is 0. The minimum Gasteiger partial charge on any atom is -0.467 e. The van der Waals surface area contributed by atoms with Crippen LogP contribution in [0.2, 0.25) is 0 Å². The summed E-state index contributed by atoms with van der Waals surface area (Å²) >= 11 is 0. The van der Waals surface area contributed by atoms with Gasteiger partial charge in [0.1, 0.15) is 12.2 Å². The number of carbonyl (C=O) groups excluding carboxylic acids is 3. The van der Waals surface area contributed by atoms with Crippen molar-refractivity contribution in [3.8, 4) is 6.07 Å². The van der Waals surface area contributed by atoms with E-state index >= 15 is 0 Å². The zero-order valence-electron chi connectivity index (χ0n) is 13.2. The van der Waals surface area contributed by atoms with Crippen LogP contribution in [0.15, 0.2) is 47.1 Å². The van der Waals surface area contributed by atoms with Gasteiger partial charge in [0, 0.05) is 5.69 Å². The zero-order valence-corrected chi connectivity index (χ0v) is 13.2. The quantitative estimate of drug-likeness (QED) is 0.738. The van der Waals surface area contributed by atoms with E-state index < -0.39 is 24.4 Å². The van der Waals surface area contributed by atoms with Gasteiger partial charge in [0.05, 0.1) is 24.4 Å². The molecule has 128 valence electrons. The molecule has 0 saturated carbocycles. The summed E-state index contributed by atoms with van der Waals surface area (Å²) in [4.78, 5) is 34.8. The van der Waals surface area contributed by atoms with Gasteiger partial charge in [0.25, 0.3) is 5.91 Å². The van der Waals surface area contributed by atoms with E-state index in [9.17, 15) is 14.4 Å². The van der Waals surface area contributed by atoms with Crippen LogP contribution in [-0.2, 0) is 20.9 Å². The number of nitrogens with one attached hydrogen (secondary N) is 2. The average molecular weight is 341 g/mol. The van der Waals surface area contributed by atoms with Crippen LogP contribution in [0.3, 0.4) is 0 Å². The van der Waals surface area contributed by atoms with Crippen LogP contribution in [0.5, 0.6) is 0 Å². The maximum absolute atomic E-state index is 11.9. The van der Waals surface area contributed by atoms with Gasteiger partial charge in [-0.15, -0.1) is 0 Å². The molecule has 0 fully saturated rings. The smallest absolute Gasteiger partial charge is 0.338 e. The summed E-state index contributed by atoms with van der Waals surface area (Å²) in [6, 6.07) is 11.1. The van der Waals surface area contributed by atoms with Gasteiger partial charge in [-0.25, -0.2) is 4.79 Å². The van der Waals surface area contributed by atoms with Gasteiger partial charge in [-0.2, -0.15) is 5.26 Å². The lowest BCUT2D eigenvalue weighted by atomic mass is 10.2. The molecule has 0 spiro atoms. The highest BCUT2D eigenvalue weighted by molar-refractivity contribution is 5.94. The van der Waals surface area contributed by atoms with Gasteiger partial charge in [-0.3, -0.25) is 9.59 Å². The second-order valence-electron chi connectivity index (χ2n) is 4.89. The van der Waals surface area contributed by atoms with E-state index in [1.54, 1.807) is 18.2 Å². The number of rotatable bonds is 7. The molecule has 0 bridgehead atoms. The highest BCUT2D eigenvalue weighted by Gasteiger charge is 2.11. The number of hydrogen-bond acceptors (Lipinski definition) is 6. The van der Waals surface area contributed by atoms with E-state index in [2.05, 4.69) is 10.6 Å². The fraction of sp³-hybridized carbons (Fsp3) is 0.176. The van der Waals surface area contributed by atoms with Crippen LogP contribution in [0.4, 0.5) is 5.69 Å². The molecule has 0 aliphatic rings. The molecule has 1 aromatic carbocycles. The molecular formula is C17H15N3O5. The Labute approximate surface area is 143 Å². The molecule has 2 aromatic rings. The van der Waals surface area contributed by atoms with Gasteiger partial charge in [0.2, 0.25) is 5.91 Å². The van der Waals surface area contributed by atoms with E-state index in [1.807, 2.05) is 0 Å². The average Bonchev–Trinajstić information content (AvgIpc) is 3.12. The predicted molar refractivity (Wildman–Crippen MR) is 86.1 cm³/mol. The molecule has 0 saturated heterocycles. The Morgan fingerprint density at radius 1 is 1.12 bits per heavy atom. The standard InChI is InChI=1S/C17H15N3O5/c18-8-7-15(21)20-13-5-3-12(4-6-13)17(23)25-11-16(22)19-10-14-2-1-9-24-14/h1-6,9H,7,10-11H2,(H,19,22)(H,20,21). The lowest BCUT2D eigenvalue weighted by Crippen LogP contribution is -2.28. The van der Waals surface area contributed by atoms with Crippen LogP contribution in [0, 0.1) is 11.3 Å². The van der Waals surface area contributed by atoms with Gasteiger partial charge < -0.3 is 19.8 Å². The third-order valence-corrected chi connectivity index (χ3v) is 3.02. The number of hydrogen-bond donors (Lipinski definition) is 2. The van der Waals surface area contributed by atoms with E-state index in [0.29, 0.717) is 11.4 Å². The fourth-order valence-electron chi connectivity index (χ4n) is 1.83. The van der Waals surface area contributed by atoms with Crippen molar-refractivity contribution in [2.45, 2.75) is 13.0 Å². The highest BCUT2D eigenvalue weighted by Crippen LogP contribution is 2.11. The summed E-state index contributed by atoms with van der Waals surface area (Å²) in [5.74, 6) is -0.965. The molecule has 2 rings (SSSR count). The number of nitriles is 1. The molecule has 2 N–H and O–H groups in total. The molecule has 0 radical (unpaired) electrons. The number of amides is 2. The third kappa shape index (κ3) is 5.84. The molecule has 8 nitrogen and oxygen atoms in total. The monoisotopic (exact) mass is 341 g/mol. The van der Waals surface area contributed by atoms with Crippen molar-refractivity contribution in [2.24, 2.45) is 0 Å². The van der Waals surface area contributed by atoms with E-state index in [0.717, 1.165) is 0 Å². The molecule has 2 amide bonds. The summed E-state index contributed by atoms with van der Waals surface area (Å²) in [5.41, 5.74) is 0.685. The second kappa shape index (κ2) is 8.88. The molecule has 0 atom stereocenters. The van der Waals surface area contributed by atoms with Gasteiger partial charge in [-0.05, 0) is 36.4 Å². The second-order valence-corrected chi connectivity index (χ2v) is 4.89. The minimum atomic E-state index is -0.664. The molecule has 8 heteroatoms. The number of anilines is 1. The first kappa shape index (κ1) is 17.7. The van der Waals surface area contributed by atoms with Crippen molar-refractivity contribution in [3.05, 3.63) is 54.0 Å². The third-order valence-electron chi connectivity index (χ3n) is 3.02. The number of nitrogens with zero attached hydrogens (tertiary/aromatic N) is 1. The van der Waals surface area contributed by atoms with E-state index in [4.69, 9.17) is 14.4 Å².